The summed E-state index contributed by atoms with van der Waals surface area (Å²) in [5.41, 5.74) is 1.12. The number of rotatable bonds is 6. The molecule has 3 rings (SSSR count). The van der Waals surface area contributed by atoms with Gasteiger partial charge in [-0.1, -0.05) is 6.07 Å². The van der Waals surface area contributed by atoms with Crippen molar-refractivity contribution in [1.82, 2.24) is 4.31 Å². The van der Waals surface area contributed by atoms with Crippen LogP contribution in [0, 0.1) is 0 Å². The maximum atomic E-state index is 12.7. The first-order chi connectivity index (χ1) is 13.8. The third-order valence-electron chi connectivity index (χ3n) is 4.52. The molecule has 1 N–H and O–H groups in total. The Balaban J connectivity index is 1.72. The minimum atomic E-state index is -3.59. The lowest BCUT2D eigenvalue weighted by Crippen LogP contribution is -2.28. The SMILES string of the molecule is CC(C)OC(=O)c1ccc(NC(=O)c2cccc(S(=O)(=O)N3CCCC3)c2)cc1. The van der Waals surface area contributed by atoms with E-state index in [4.69, 9.17) is 4.74 Å². The number of hydrogen-bond acceptors (Lipinski definition) is 5. The summed E-state index contributed by atoms with van der Waals surface area (Å²) >= 11 is 0. The monoisotopic (exact) mass is 416 g/mol. The van der Waals surface area contributed by atoms with E-state index in [9.17, 15) is 18.0 Å². The molecule has 0 spiro atoms. The van der Waals surface area contributed by atoms with E-state index in [1.165, 1.54) is 16.4 Å². The fourth-order valence-corrected chi connectivity index (χ4v) is 4.61. The van der Waals surface area contributed by atoms with E-state index >= 15 is 0 Å². The highest BCUT2D eigenvalue weighted by Crippen LogP contribution is 2.22. The Morgan fingerprint density at radius 2 is 1.66 bits per heavy atom. The van der Waals surface area contributed by atoms with Gasteiger partial charge in [-0.25, -0.2) is 13.2 Å². The van der Waals surface area contributed by atoms with Gasteiger partial charge in [-0.2, -0.15) is 4.31 Å². The number of esters is 1. The van der Waals surface area contributed by atoms with Gasteiger partial charge in [0, 0.05) is 24.3 Å². The Kier molecular flexibility index (Phi) is 6.34. The number of benzene rings is 2. The van der Waals surface area contributed by atoms with E-state index in [1.54, 1.807) is 50.2 Å². The Morgan fingerprint density at radius 3 is 2.28 bits per heavy atom. The minimum absolute atomic E-state index is 0.110. The van der Waals surface area contributed by atoms with E-state index in [1.807, 2.05) is 0 Å². The summed E-state index contributed by atoms with van der Waals surface area (Å²) in [7, 11) is -3.59. The maximum absolute atomic E-state index is 12.7. The summed E-state index contributed by atoms with van der Waals surface area (Å²) in [6.07, 6.45) is 1.48. The van der Waals surface area contributed by atoms with Crippen molar-refractivity contribution < 1.29 is 22.7 Å². The van der Waals surface area contributed by atoms with E-state index in [2.05, 4.69) is 5.32 Å². The average Bonchev–Trinajstić information content (AvgIpc) is 3.24. The number of nitrogens with zero attached hydrogens (tertiary/aromatic N) is 1. The molecule has 1 saturated heterocycles. The van der Waals surface area contributed by atoms with Crippen LogP contribution in [0.5, 0.6) is 0 Å². The molecule has 0 saturated carbocycles. The van der Waals surface area contributed by atoms with E-state index in [-0.39, 0.29) is 16.6 Å². The van der Waals surface area contributed by atoms with Crippen LogP contribution in [0.2, 0.25) is 0 Å². The van der Waals surface area contributed by atoms with E-state index < -0.39 is 21.9 Å². The second-order valence-electron chi connectivity index (χ2n) is 7.12. The van der Waals surface area contributed by atoms with E-state index in [0.29, 0.717) is 24.3 Å². The first-order valence-corrected chi connectivity index (χ1v) is 10.9. The first kappa shape index (κ1) is 21.0. The zero-order valence-corrected chi connectivity index (χ0v) is 17.2. The molecule has 1 aliphatic heterocycles. The second-order valence-corrected chi connectivity index (χ2v) is 9.06. The van der Waals surface area contributed by atoms with Crippen LogP contribution in [0.25, 0.3) is 0 Å². The molecule has 0 bridgehead atoms. The van der Waals surface area contributed by atoms with Gasteiger partial charge in [0.15, 0.2) is 0 Å². The Morgan fingerprint density at radius 1 is 1.00 bits per heavy atom. The molecule has 1 heterocycles. The zero-order chi connectivity index (χ0) is 21.0. The average molecular weight is 416 g/mol. The lowest BCUT2D eigenvalue weighted by Gasteiger charge is -2.16. The number of carbonyl (C=O) groups is 2. The van der Waals surface area contributed by atoms with Gasteiger partial charge in [0.1, 0.15) is 0 Å². The number of sulfonamides is 1. The molecule has 154 valence electrons. The molecule has 2 aromatic rings. The van der Waals surface area contributed by atoms with Crippen molar-refractivity contribution >= 4 is 27.6 Å². The van der Waals surface area contributed by atoms with Crippen molar-refractivity contribution in [2.75, 3.05) is 18.4 Å². The molecule has 29 heavy (non-hydrogen) atoms. The fraction of sp³-hybridized carbons (Fsp3) is 0.333. The molecule has 0 aliphatic carbocycles. The lowest BCUT2D eigenvalue weighted by atomic mass is 10.2. The third-order valence-corrected chi connectivity index (χ3v) is 6.41. The molecule has 1 aliphatic rings. The molecular formula is C21H24N2O5S. The lowest BCUT2D eigenvalue weighted by molar-refractivity contribution is 0.0378. The molecule has 0 atom stereocenters. The highest BCUT2D eigenvalue weighted by atomic mass is 32.2. The summed E-state index contributed by atoms with van der Waals surface area (Å²) < 4.78 is 32.0. The quantitative estimate of drug-likeness (QED) is 0.730. The Hall–Kier alpha value is -2.71. The number of carbonyl (C=O) groups excluding carboxylic acids is 2. The predicted octanol–water partition coefficient (Wildman–Crippen LogP) is 3.29. The number of hydrogen-bond donors (Lipinski definition) is 1. The number of nitrogens with one attached hydrogen (secondary N) is 1. The second kappa shape index (κ2) is 8.75. The Labute approximate surface area is 170 Å². The largest absolute Gasteiger partial charge is 0.459 e. The molecule has 8 heteroatoms. The highest BCUT2D eigenvalue weighted by Gasteiger charge is 2.27. The van der Waals surface area contributed by atoms with Crippen LogP contribution in [0.4, 0.5) is 5.69 Å². The van der Waals surface area contributed by atoms with Crippen LogP contribution >= 0.6 is 0 Å². The summed E-state index contributed by atoms with van der Waals surface area (Å²) in [4.78, 5) is 24.6. The van der Waals surface area contributed by atoms with Crippen LogP contribution in [-0.2, 0) is 14.8 Å². The summed E-state index contributed by atoms with van der Waals surface area (Å²) in [6.45, 7) is 4.55. The zero-order valence-electron chi connectivity index (χ0n) is 16.4. The van der Waals surface area contributed by atoms with Gasteiger partial charge < -0.3 is 10.1 Å². The number of ether oxygens (including phenoxy) is 1. The molecular weight excluding hydrogens is 392 g/mol. The molecule has 0 radical (unpaired) electrons. The van der Waals surface area contributed by atoms with Crippen molar-refractivity contribution in [1.29, 1.82) is 0 Å². The summed E-state index contributed by atoms with van der Waals surface area (Å²) in [5.74, 6) is -0.862. The van der Waals surface area contributed by atoms with Crippen LogP contribution in [0.15, 0.2) is 53.4 Å². The van der Waals surface area contributed by atoms with Crippen molar-refractivity contribution in [2.45, 2.75) is 37.7 Å². The molecule has 1 amide bonds. The van der Waals surface area contributed by atoms with Gasteiger partial charge in [-0.3, -0.25) is 4.79 Å². The van der Waals surface area contributed by atoms with Gasteiger partial charge in [0.25, 0.3) is 5.91 Å². The molecule has 0 unspecified atom stereocenters. The van der Waals surface area contributed by atoms with Gasteiger partial charge in [0.2, 0.25) is 10.0 Å². The molecule has 2 aromatic carbocycles. The van der Waals surface area contributed by atoms with Crippen LogP contribution in [-0.4, -0.2) is 43.8 Å². The van der Waals surface area contributed by atoms with Crippen LogP contribution in [0.1, 0.15) is 47.4 Å². The fourth-order valence-electron chi connectivity index (χ4n) is 3.05. The summed E-state index contributed by atoms with van der Waals surface area (Å²) in [6, 6.07) is 12.3. The van der Waals surface area contributed by atoms with Crippen molar-refractivity contribution in [2.24, 2.45) is 0 Å². The van der Waals surface area contributed by atoms with Gasteiger partial charge in [-0.05, 0) is 69.2 Å². The van der Waals surface area contributed by atoms with Crippen molar-refractivity contribution in [3.63, 3.8) is 0 Å². The molecule has 1 fully saturated rings. The van der Waals surface area contributed by atoms with Crippen LogP contribution < -0.4 is 5.32 Å². The van der Waals surface area contributed by atoms with Gasteiger partial charge in [0.05, 0.1) is 16.6 Å². The van der Waals surface area contributed by atoms with Gasteiger partial charge >= 0.3 is 5.97 Å². The third kappa shape index (κ3) is 5.02. The summed E-state index contributed by atoms with van der Waals surface area (Å²) in [5, 5.41) is 2.71. The molecule has 0 aromatic heterocycles. The van der Waals surface area contributed by atoms with Crippen molar-refractivity contribution in [3.8, 4) is 0 Å². The van der Waals surface area contributed by atoms with E-state index in [0.717, 1.165) is 12.8 Å². The molecule has 7 nitrogen and oxygen atoms in total. The topological polar surface area (TPSA) is 92.8 Å². The number of anilines is 1. The standard InChI is InChI=1S/C21H24N2O5S/c1-15(2)28-21(25)16-8-10-18(11-9-16)22-20(24)17-6-5-7-19(14-17)29(26,27)23-12-3-4-13-23/h5-11,14-15H,3-4,12-13H2,1-2H3,(H,22,24). The predicted molar refractivity (Wildman–Crippen MR) is 109 cm³/mol. The van der Waals surface area contributed by atoms with Crippen LogP contribution in [0.3, 0.4) is 0 Å². The minimum Gasteiger partial charge on any atom is -0.459 e. The smallest absolute Gasteiger partial charge is 0.338 e. The first-order valence-electron chi connectivity index (χ1n) is 9.50. The Bertz CT molecular complexity index is 994. The van der Waals surface area contributed by atoms with Crippen molar-refractivity contribution in [3.05, 3.63) is 59.7 Å². The number of amides is 1. The normalized spacial score (nSPS) is 14.7. The highest BCUT2D eigenvalue weighted by molar-refractivity contribution is 7.89. The van der Waals surface area contributed by atoms with Gasteiger partial charge in [-0.15, -0.1) is 0 Å². The maximum Gasteiger partial charge on any atom is 0.338 e.